The third kappa shape index (κ3) is 3.14. The third-order valence-electron chi connectivity index (χ3n) is 3.82. The average Bonchev–Trinajstić information content (AvgIpc) is 3.26. The van der Waals surface area contributed by atoms with E-state index in [-0.39, 0.29) is 12.0 Å². The van der Waals surface area contributed by atoms with E-state index in [0.29, 0.717) is 6.61 Å². The lowest BCUT2D eigenvalue weighted by molar-refractivity contribution is -0.134. The van der Waals surface area contributed by atoms with Gasteiger partial charge < -0.3 is 9.64 Å². The molecule has 1 unspecified atom stereocenters. The summed E-state index contributed by atoms with van der Waals surface area (Å²) in [5.41, 5.74) is 2.64. The summed E-state index contributed by atoms with van der Waals surface area (Å²) in [5.74, 6) is 0.176. The van der Waals surface area contributed by atoms with E-state index in [0.717, 1.165) is 32.7 Å². The standard InChI is InChI=1S/C15H20N2O2/c1-12-2-4-13(5-3-12)10-16-6-8-17(9-7-16)15(18)14-11-19-14/h2-5,14H,6-11H2,1H3. The summed E-state index contributed by atoms with van der Waals surface area (Å²) in [6.07, 6.45) is -0.136. The fraction of sp³-hybridized carbons (Fsp3) is 0.533. The molecule has 1 aromatic rings. The van der Waals surface area contributed by atoms with Crippen molar-refractivity contribution in [1.29, 1.82) is 0 Å². The fourth-order valence-corrected chi connectivity index (χ4v) is 2.47. The molecule has 102 valence electrons. The van der Waals surface area contributed by atoms with Gasteiger partial charge in [0.1, 0.15) is 0 Å². The first kappa shape index (κ1) is 12.6. The van der Waals surface area contributed by atoms with Crippen LogP contribution in [0.2, 0.25) is 0 Å². The normalized spacial score (nSPS) is 23.4. The molecule has 0 N–H and O–H groups in total. The van der Waals surface area contributed by atoms with Crippen molar-refractivity contribution in [3.8, 4) is 0 Å². The summed E-state index contributed by atoms with van der Waals surface area (Å²) >= 11 is 0. The van der Waals surface area contributed by atoms with Gasteiger partial charge in [-0.2, -0.15) is 0 Å². The van der Waals surface area contributed by atoms with E-state index >= 15 is 0 Å². The van der Waals surface area contributed by atoms with Crippen LogP contribution in [0.1, 0.15) is 11.1 Å². The molecule has 1 atom stereocenters. The smallest absolute Gasteiger partial charge is 0.254 e. The number of benzene rings is 1. The molecule has 0 bridgehead atoms. The molecule has 0 spiro atoms. The molecule has 2 saturated heterocycles. The SMILES string of the molecule is Cc1ccc(CN2CCN(C(=O)C3CO3)CC2)cc1. The molecule has 4 heteroatoms. The zero-order valence-corrected chi connectivity index (χ0v) is 11.3. The van der Waals surface area contributed by atoms with Gasteiger partial charge in [-0.3, -0.25) is 9.69 Å². The zero-order chi connectivity index (χ0) is 13.2. The molecule has 0 saturated carbocycles. The van der Waals surface area contributed by atoms with Crippen molar-refractivity contribution in [2.45, 2.75) is 19.6 Å². The summed E-state index contributed by atoms with van der Waals surface area (Å²) < 4.78 is 5.05. The van der Waals surface area contributed by atoms with Gasteiger partial charge in [-0.15, -0.1) is 0 Å². The van der Waals surface area contributed by atoms with Crippen molar-refractivity contribution in [3.63, 3.8) is 0 Å². The van der Waals surface area contributed by atoms with Crippen LogP contribution in [0.3, 0.4) is 0 Å². The molecule has 3 rings (SSSR count). The highest BCUT2D eigenvalue weighted by atomic mass is 16.6. The van der Waals surface area contributed by atoms with Crippen molar-refractivity contribution >= 4 is 5.91 Å². The summed E-state index contributed by atoms with van der Waals surface area (Å²) in [6.45, 7) is 7.24. The van der Waals surface area contributed by atoms with Gasteiger partial charge in [0.25, 0.3) is 5.91 Å². The second-order valence-electron chi connectivity index (χ2n) is 5.41. The number of aryl methyl sites for hydroxylation is 1. The van der Waals surface area contributed by atoms with Crippen LogP contribution in [0.5, 0.6) is 0 Å². The number of amides is 1. The molecule has 0 radical (unpaired) electrons. The summed E-state index contributed by atoms with van der Waals surface area (Å²) in [4.78, 5) is 16.2. The third-order valence-corrected chi connectivity index (χ3v) is 3.82. The van der Waals surface area contributed by atoms with E-state index in [9.17, 15) is 4.79 Å². The number of piperazine rings is 1. The maximum atomic E-state index is 11.8. The van der Waals surface area contributed by atoms with Crippen molar-refractivity contribution < 1.29 is 9.53 Å². The summed E-state index contributed by atoms with van der Waals surface area (Å²) in [7, 11) is 0. The zero-order valence-electron chi connectivity index (χ0n) is 11.3. The van der Waals surface area contributed by atoms with Crippen LogP contribution in [0.25, 0.3) is 0 Å². The van der Waals surface area contributed by atoms with Crippen molar-refractivity contribution in [2.24, 2.45) is 0 Å². The Morgan fingerprint density at radius 1 is 1.21 bits per heavy atom. The Hall–Kier alpha value is -1.39. The molecule has 2 aliphatic rings. The van der Waals surface area contributed by atoms with Crippen LogP contribution < -0.4 is 0 Å². The van der Waals surface area contributed by atoms with Crippen LogP contribution in [0.15, 0.2) is 24.3 Å². The Bertz CT molecular complexity index is 446. The minimum absolute atomic E-state index is 0.136. The van der Waals surface area contributed by atoms with Crippen molar-refractivity contribution in [2.75, 3.05) is 32.8 Å². The van der Waals surface area contributed by atoms with Crippen LogP contribution in [0, 0.1) is 6.92 Å². The Morgan fingerprint density at radius 2 is 1.84 bits per heavy atom. The maximum absolute atomic E-state index is 11.8. The van der Waals surface area contributed by atoms with E-state index in [1.807, 2.05) is 4.90 Å². The van der Waals surface area contributed by atoms with E-state index in [1.54, 1.807) is 0 Å². The molecule has 19 heavy (non-hydrogen) atoms. The highest BCUT2D eigenvalue weighted by Crippen LogP contribution is 2.15. The van der Waals surface area contributed by atoms with Crippen LogP contribution in [0.4, 0.5) is 0 Å². The molecule has 4 nitrogen and oxygen atoms in total. The van der Waals surface area contributed by atoms with Gasteiger partial charge in [-0.25, -0.2) is 0 Å². The Labute approximate surface area is 113 Å². The first-order valence-corrected chi connectivity index (χ1v) is 6.91. The molecular weight excluding hydrogens is 240 g/mol. The minimum atomic E-state index is -0.136. The number of ether oxygens (including phenoxy) is 1. The van der Waals surface area contributed by atoms with E-state index < -0.39 is 0 Å². The number of rotatable bonds is 3. The predicted octanol–water partition coefficient (Wildman–Crippen LogP) is 1.04. The Kier molecular flexibility index (Phi) is 3.53. The highest BCUT2D eigenvalue weighted by Gasteiger charge is 2.36. The first-order chi connectivity index (χ1) is 9.22. The molecule has 2 heterocycles. The number of hydrogen-bond donors (Lipinski definition) is 0. The van der Waals surface area contributed by atoms with Crippen molar-refractivity contribution in [1.82, 2.24) is 9.80 Å². The van der Waals surface area contributed by atoms with Crippen LogP contribution >= 0.6 is 0 Å². The molecule has 1 amide bonds. The summed E-state index contributed by atoms with van der Waals surface area (Å²) in [6, 6.07) is 8.68. The molecular formula is C15H20N2O2. The first-order valence-electron chi connectivity index (χ1n) is 6.91. The molecule has 2 fully saturated rings. The Balaban J connectivity index is 1.49. The van der Waals surface area contributed by atoms with Gasteiger partial charge in [-0.1, -0.05) is 29.8 Å². The topological polar surface area (TPSA) is 36.1 Å². The monoisotopic (exact) mass is 260 g/mol. The molecule has 1 aromatic carbocycles. The van der Waals surface area contributed by atoms with Gasteiger partial charge in [0.2, 0.25) is 0 Å². The number of nitrogens with zero attached hydrogens (tertiary/aromatic N) is 2. The number of carbonyl (C=O) groups is 1. The van der Waals surface area contributed by atoms with Crippen LogP contribution in [-0.2, 0) is 16.1 Å². The van der Waals surface area contributed by atoms with Gasteiger partial charge in [0.15, 0.2) is 6.10 Å². The Morgan fingerprint density at radius 3 is 2.42 bits per heavy atom. The fourth-order valence-electron chi connectivity index (χ4n) is 2.47. The number of epoxide rings is 1. The summed E-state index contributed by atoms with van der Waals surface area (Å²) in [5, 5.41) is 0. The predicted molar refractivity (Wildman–Crippen MR) is 72.8 cm³/mol. The van der Waals surface area contributed by atoms with Crippen LogP contribution in [-0.4, -0.2) is 54.6 Å². The second kappa shape index (κ2) is 5.31. The lowest BCUT2D eigenvalue weighted by Crippen LogP contribution is -2.49. The van der Waals surface area contributed by atoms with E-state index in [2.05, 4.69) is 36.1 Å². The largest absolute Gasteiger partial charge is 0.363 e. The van der Waals surface area contributed by atoms with Gasteiger partial charge in [0.05, 0.1) is 6.61 Å². The molecule has 0 aliphatic carbocycles. The lowest BCUT2D eigenvalue weighted by atomic mass is 10.1. The van der Waals surface area contributed by atoms with E-state index in [4.69, 9.17) is 4.74 Å². The number of hydrogen-bond acceptors (Lipinski definition) is 3. The van der Waals surface area contributed by atoms with Gasteiger partial charge >= 0.3 is 0 Å². The lowest BCUT2D eigenvalue weighted by Gasteiger charge is -2.34. The van der Waals surface area contributed by atoms with Gasteiger partial charge in [-0.05, 0) is 12.5 Å². The molecule has 0 aromatic heterocycles. The quantitative estimate of drug-likeness (QED) is 0.762. The maximum Gasteiger partial charge on any atom is 0.254 e. The molecule has 2 aliphatic heterocycles. The van der Waals surface area contributed by atoms with Gasteiger partial charge in [0, 0.05) is 32.7 Å². The average molecular weight is 260 g/mol. The number of carbonyl (C=O) groups excluding carboxylic acids is 1. The minimum Gasteiger partial charge on any atom is -0.363 e. The second-order valence-corrected chi connectivity index (χ2v) is 5.41. The van der Waals surface area contributed by atoms with E-state index in [1.165, 1.54) is 11.1 Å². The highest BCUT2D eigenvalue weighted by molar-refractivity contribution is 5.83. The van der Waals surface area contributed by atoms with Crippen molar-refractivity contribution in [3.05, 3.63) is 35.4 Å².